The van der Waals surface area contributed by atoms with Crippen LogP contribution in [0.5, 0.6) is 0 Å². The molecule has 3 nitrogen and oxygen atoms in total. The summed E-state index contributed by atoms with van der Waals surface area (Å²) in [5.74, 6) is -0.297. The summed E-state index contributed by atoms with van der Waals surface area (Å²) < 4.78 is 0. The molecule has 84 valence electrons. The van der Waals surface area contributed by atoms with Crippen molar-refractivity contribution in [1.29, 1.82) is 0 Å². The Balaban J connectivity index is 2.24. The largest absolute Gasteiger partial charge is 0.369 e. The Morgan fingerprint density at radius 1 is 1.50 bits per heavy atom. The lowest BCUT2D eigenvalue weighted by Crippen LogP contribution is -2.17. The number of nitrogens with one attached hydrogen (secondary N) is 1. The maximum Gasteiger partial charge on any atom is 0.223 e. The first-order valence-electron chi connectivity index (χ1n) is 5.56. The number of fused-ring (bicyclic) bond motifs is 1. The Labute approximate surface area is 95.3 Å². The quantitative estimate of drug-likeness (QED) is 0.811. The van der Waals surface area contributed by atoms with Crippen LogP contribution in [0.1, 0.15) is 24.5 Å². The van der Waals surface area contributed by atoms with Crippen LogP contribution >= 0.6 is 0 Å². The second-order valence-electron chi connectivity index (χ2n) is 4.00. The van der Waals surface area contributed by atoms with E-state index in [4.69, 9.17) is 5.73 Å². The van der Waals surface area contributed by atoms with E-state index in [1.165, 1.54) is 11.1 Å². The van der Waals surface area contributed by atoms with Gasteiger partial charge in [0.15, 0.2) is 0 Å². The van der Waals surface area contributed by atoms with Crippen LogP contribution in [0.2, 0.25) is 0 Å². The molecule has 1 aromatic rings. The van der Waals surface area contributed by atoms with E-state index in [2.05, 4.69) is 18.3 Å². The van der Waals surface area contributed by atoms with Crippen molar-refractivity contribution in [3.63, 3.8) is 0 Å². The number of rotatable bonds is 3. The number of primary amides is 1. The molecule has 0 aliphatic carbocycles. The third-order valence-electron chi connectivity index (χ3n) is 2.87. The first-order chi connectivity index (χ1) is 7.70. The van der Waals surface area contributed by atoms with Crippen LogP contribution in [0.4, 0.5) is 5.69 Å². The SMILES string of the molecule is CCc1cccc2c1CC=C(CC(N)=O)N2. The number of hydrogen-bond donors (Lipinski definition) is 2. The van der Waals surface area contributed by atoms with Crippen molar-refractivity contribution in [1.82, 2.24) is 0 Å². The maximum absolute atomic E-state index is 10.8. The molecule has 2 rings (SSSR count). The van der Waals surface area contributed by atoms with Gasteiger partial charge in [-0.2, -0.15) is 0 Å². The molecule has 0 spiro atoms. The van der Waals surface area contributed by atoms with Gasteiger partial charge in [-0.3, -0.25) is 4.79 Å². The van der Waals surface area contributed by atoms with Gasteiger partial charge in [-0.05, 0) is 30.0 Å². The number of hydrogen-bond acceptors (Lipinski definition) is 2. The molecule has 0 atom stereocenters. The van der Waals surface area contributed by atoms with Gasteiger partial charge < -0.3 is 11.1 Å². The fourth-order valence-electron chi connectivity index (χ4n) is 2.08. The number of aryl methyl sites for hydroxylation is 1. The lowest BCUT2D eigenvalue weighted by atomic mass is 9.96. The van der Waals surface area contributed by atoms with E-state index in [-0.39, 0.29) is 12.3 Å². The number of anilines is 1. The Kier molecular flexibility index (Phi) is 2.95. The van der Waals surface area contributed by atoms with Gasteiger partial charge in [-0.1, -0.05) is 25.1 Å². The number of amides is 1. The van der Waals surface area contributed by atoms with E-state index in [0.29, 0.717) is 0 Å². The number of benzene rings is 1. The second-order valence-corrected chi connectivity index (χ2v) is 4.00. The molecule has 3 heteroatoms. The highest BCUT2D eigenvalue weighted by atomic mass is 16.1. The van der Waals surface area contributed by atoms with Crippen molar-refractivity contribution in [2.45, 2.75) is 26.2 Å². The molecule has 0 saturated carbocycles. The fourth-order valence-corrected chi connectivity index (χ4v) is 2.08. The average molecular weight is 216 g/mol. The van der Waals surface area contributed by atoms with Gasteiger partial charge in [0.25, 0.3) is 0 Å². The lowest BCUT2D eigenvalue weighted by molar-refractivity contribution is -0.117. The van der Waals surface area contributed by atoms with Crippen molar-refractivity contribution in [2.75, 3.05) is 5.32 Å². The number of allylic oxidation sites excluding steroid dienone is 1. The molecule has 16 heavy (non-hydrogen) atoms. The molecule has 1 aromatic carbocycles. The third-order valence-corrected chi connectivity index (χ3v) is 2.87. The summed E-state index contributed by atoms with van der Waals surface area (Å²) in [6.07, 6.45) is 4.25. The molecule has 0 radical (unpaired) electrons. The van der Waals surface area contributed by atoms with E-state index >= 15 is 0 Å². The minimum atomic E-state index is -0.297. The molecular weight excluding hydrogens is 200 g/mol. The van der Waals surface area contributed by atoms with Crippen molar-refractivity contribution >= 4 is 11.6 Å². The first-order valence-corrected chi connectivity index (χ1v) is 5.56. The van der Waals surface area contributed by atoms with Gasteiger partial charge >= 0.3 is 0 Å². The molecule has 1 amide bonds. The lowest BCUT2D eigenvalue weighted by Gasteiger charge is -2.21. The number of carbonyl (C=O) groups excluding carboxylic acids is 1. The zero-order valence-electron chi connectivity index (χ0n) is 9.42. The van der Waals surface area contributed by atoms with Crippen LogP contribution in [-0.4, -0.2) is 5.91 Å². The minimum Gasteiger partial charge on any atom is -0.369 e. The summed E-state index contributed by atoms with van der Waals surface area (Å²) in [7, 11) is 0. The van der Waals surface area contributed by atoms with Crippen molar-refractivity contribution in [3.8, 4) is 0 Å². The number of nitrogens with two attached hydrogens (primary N) is 1. The van der Waals surface area contributed by atoms with Crippen LogP contribution in [0, 0.1) is 0 Å². The maximum atomic E-state index is 10.8. The molecule has 0 fully saturated rings. The van der Waals surface area contributed by atoms with E-state index in [0.717, 1.165) is 24.2 Å². The molecule has 0 bridgehead atoms. The Bertz CT molecular complexity index is 449. The summed E-state index contributed by atoms with van der Waals surface area (Å²) in [6, 6.07) is 6.23. The summed E-state index contributed by atoms with van der Waals surface area (Å²) in [5, 5.41) is 3.26. The normalized spacial score (nSPS) is 13.7. The smallest absolute Gasteiger partial charge is 0.223 e. The van der Waals surface area contributed by atoms with Gasteiger partial charge in [0.1, 0.15) is 0 Å². The van der Waals surface area contributed by atoms with E-state index in [1.807, 2.05) is 18.2 Å². The zero-order valence-corrected chi connectivity index (χ0v) is 9.42. The molecule has 1 heterocycles. The van der Waals surface area contributed by atoms with Crippen LogP contribution in [0.25, 0.3) is 0 Å². The molecule has 1 aliphatic rings. The van der Waals surface area contributed by atoms with Crippen LogP contribution < -0.4 is 11.1 Å². The third kappa shape index (κ3) is 2.08. The minimum absolute atomic E-state index is 0.287. The molecule has 0 aromatic heterocycles. The summed E-state index contributed by atoms with van der Waals surface area (Å²) >= 11 is 0. The highest BCUT2D eigenvalue weighted by Crippen LogP contribution is 2.27. The predicted molar refractivity (Wildman–Crippen MR) is 65.0 cm³/mol. The van der Waals surface area contributed by atoms with Crippen LogP contribution in [0.3, 0.4) is 0 Å². The van der Waals surface area contributed by atoms with Crippen molar-refractivity contribution < 1.29 is 4.79 Å². The summed E-state index contributed by atoms with van der Waals surface area (Å²) in [4.78, 5) is 10.8. The summed E-state index contributed by atoms with van der Waals surface area (Å²) in [6.45, 7) is 2.15. The standard InChI is InChI=1S/C13H16N2O/c1-2-9-4-3-5-12-11(9)7-6-10(15-12)8-13(14)16/h3-6,15H,2,7-8H2,1H3,(H2,14,16). The summed E-state index contributed by atoms with van der Waals surface area (Å²) in [5.41, 5.74) is 9.89. The topological polar surface area (TPSA) is 55.1 Å². The zero-order chi connectivity index (χ0) is 11.5. The first kappa shape index (κ1) is 10.7. The number of carbonyl (C=O) groups is 1. The highest BCUT2D eigenvalue weighted by molar-refractivity contribution is 5.78. The second kappa shape index (κ2) is 4.39. The molecule has 1 aliphatic heterocycles. The predicted octanol–water partition coefficient (Wildman–Crippen LogP) is 1.98. The Hall–Kier alpha value is -1.77. The monoisotopic (exact) mass is 216 g/mol. The highest BCUT2D eigenvalue weighted by Gasteiger charge is 2.13. The van der Waals surface area contributed by atoms with Crippen molar-refractivity contribution in [3.05, 3.63) is 41.1 Å². The molecule has 0 unspecified atom stereocenters. The van der Waals surface area contributed by atoms with Crippen LogP contribution in [0.15, 0.2) is 30.0 Å². The van der Waals surface area contributed by atoms with Gasteiger partial charge in [-0.25, -0.2) is 0 Å². The average Bonchev–Trinajstić information content (AvgIpc) is 2.27. The van der Waals surface area contributed by atoms with E-state index < -0.39 is 0 Å². The molecular formula is C13H16N2O. The molecule has 3 N–H and O–H groups in total. The Morgan fingerprint density at radius 3 is 3.00 bits per heavy atom. The molecule has 0 saturated heterocycles. The van der Waals surface area contributed by atoms with Gasteiger partial charge in [0.05, 0.1) is 6.42 Å². The van der Waals surface area contributed by atoms with Crippen molar-refractivity contribution in [2.24, 2.45) is 5.73 Å². The Morgan fingerprint density at radius 2 is 2.31 bits per heavy atom. The fraction of sp³-hybridized carbons (Fsp3) is 0.308. The van der Waals surface area contributed by atoms with Crippen LogP contribution in [-0.2, 0) is 17.6 Å². The van der Waals surface area contributed by atoms with Gasteiger partial charge in [0.2, 0.25) is 5.91 Å². The van der Waals surface area contributed by atoms with Gasteiger partial charge in [0, 0.05) is 11.4 Å². The van der Waals surface area contributed by atoms with E-state index in [1.54, 1.807) is 0 Å². The van der Waals surface area contributed by atoms with Gasteiger partial charge in [-0.15, -0.1) is 0 Å². The van der Waals surface area contributed by atoms with E-state index in [9.17, 15) is 4.79 Å².